The zero-order chi connectivity index (χ0) is 19.6. The van der Waals surface area contributed by atoms with E-state index in [2.05, 4.69) is 25.8 Å². The first-order chi connectivity index (χ1) is 12.8. The number of hydrogen-bond acceptors (Lipinski definition) is 3. The molecule has 1 aliphatic heterocycles. The lowest BCUT2D eigenvalue weighted by Crippen LogP contribution is -2.32. The molecule has 0 bridgehead atoms. The number of halogens is 2. The molecular weight excluding hydrogens is 399 g/mol. The molecule has 0 N–H and O–H groups in total. The minimum Gasteiger partial charge on any atom is -0.286 e. The van der Waals surface area contributed by atoms with Gasteiger partial charge in [-0.25, -0.2) is 0 Å². The molecule has 0 aromatic heterocycles. The Morgan fingerprint density at radius 2 is 1.85 bits per heavy atom. The predicted molar refractivity (Wildman–Crippen MR) is 116 cm³/mol. The Bertz CT molecular complexity index is 873. The molecular formula is C21H22Cl2N2OS. The van der Waals surface area contributed by atoms with Gasteiger partial charge in [0.1, 0.15) is 0 Å². The van der Waals surface area contributed by atoms with E-state index in [1.54, 1.807) is 11.0 Å². The summed E-state index contributed by atoms with van der Waals surface area (Å²) in [7, 11) is 0. The lowest BCUT2D eigenvalue weighted by molar-refractivity contribution is 0.0860. The molecule has 1 heterocycles. The molecule has 0 saturated heterocycles. The Hall–Kier alpha value is -1.49. The van der Waals surface area contributed by atoms with Crippen LogP contribution in [0, 0.1) is 0 Å². The third-order valence-electron chi connectivity index (χ3n) is 4.42. The Kier molecular flexibility index (Phi) is 6.19. The van der Waals surface area contributed by atoms with Gasteiger partial charge in [0.05, 0.1) is 6.54 Å². The van der Waals surface area contributed by atoms with Crippen LogP contribution >= 0.6 is 35.0 Å². The Balaban J connectivity index is 1.69. The number of hydrogen-bond donors (Lipinski definition) is 0. The summed E-state index contributed by atoms with van der Waals surface area (Å²) in [5.41, 5.74) is 2.93. The van der Waals surface area contributed by atoms with E-state index in [1.807, 2.05) is 36.4 Å². The van der Waals surface area contributed by atoms with Crippen molar-refractivity contribution in [2.24, 2.45) is 4.99 Å². The molecule has 3 rings (SSSR count). The van der Waals surface area contributed by atoms with Gasteiger partial charge in [-0.3, -0.25) is 14.7 Å². The van der Waals surface area contributed by atoms with E-state index < -0.39 is 0 Å². The van der Waals surface area contributed by atoms with Crippen LogP contribution in [0.15, 0.2) is 47.5 Å². The average molecular weight is 421 g/mol. The Morgan fingerprint density at radius 3 is 2.48 bits per heavy atom. The topological polar surface area (TPSA) is 32.7 Å². The van der Waals surface area contributed by atoms with Crippen LogP contribution in [0.2, 0.25) is 10.0 Å². The molecule has 0 fully saturated rings. The number of thioether (sulfide) groups is 1. The van der Waals surface area contributed by atoms with Crippen LogP contribution in [0.3, 0.4) is 0 Å². The van der Waals surface area contributed by atoms with Gasteiger partial charge in [-0.1, -0.05) is 73.9 Å². The van der Waals surface area contributed by atoms with Crippen molar-refractivity contribution >= 4 is 46.0 Å². The molecule has 0 aliphatic carbocycles. The minimum absolute atomic E-state index is 0.0126. The smallest absolute Gasteiger partial charge is 0.259 e. The Labute approximate surface area is 174 Å². The van der Waals surface area contributed by atoms with Gasteiger partial charge in [-0.15, -0.1) is 0 Å². The molecule has 2 aromatic rings. The van der Waals surface area contributed by atoms with Crippen molar-refractivity contribution < 1.29 is 4.79 Å². The molecule has 0 unspecified atom stereocenters. The first kappa shape index (κ1) is 20.2. The average Bonchev–Trinajstić information content (AvgIpc) is 3.08. The highest BCUT2D eigenvalue weighted by molar-refractivity contribution is 8.13. The highest BCUT2D eigenvalue weighted by Gasteiger charge is 2.25. The lowest BCUT2D eigenvalue weighted by Gasteiger charge is -2.21. The monoisotopic (exact) mass is 420 g/mol. The van der Waals surface area contributed by atoms with Crippen molar-refractivity contribution in [2.45, 2.75) is 31.9 Å². The molecule has 142 valence electrons. The molecule has 0 saturated carbocycles. The third-order valence-corrected chi connectivity index (χ3v) is 6.07. The number of nitrogens with zero attached hydrogens (tertiary/aromatic N) is 2. The quantitative estimate of drug-likeness (QED) is 0.606. The van der Waals surface area contributed by atoms with Gasteiger partial charge in [0.25, 0.3) is 5.91 Å². The molecule has 6 heteroatoms. The number of amides is 1. The summed E-state index contributed by atoms with van der Waals surface area (Å²) in [6, 6.07) is 13.3. The van der Waals surface area contributed by atoms with Gasteiger partial charge in [0, 0.05) is 27.9 Å². The van der Waals surface area contributed by atoms with E-state index in [0.29, 0.717) is 34.5 Å². The number of carbonyl (C=O) groups excluding carboxylic acids is 1. The highest BCUT2D eigenvalue weighted by Crippen LogP contribution is 2.28. The SMILES string of the molecule is CC(C)(C)c1ccc(C(=O)N2CCN=C2SCc2ccc(Cl)cc2Cl)cc1. The van der Waals surface area contributed by atoms with Crippen molar-refractivity contribution in [1.82, 2.24) is 4.90 Å². The summed E-state index contributed by atoms with van der Waals surface area (Å²) in [6.07, 6.45) is 0. The molecule has 3 nitrogen and oxygen atoms in total. The fraction of sp³-hybridized carbons (Fsp3) is 0.333. The summed E-state index contributed by atoms with van der Waals surface area (Å²) < 4.78 is 0. The van der Waals surface area contributed by atoms with Gasteiger partial charge in [0.2, 0.25) is 0 Å². The fourth-order valence-electron chi connectivity index (χ4n) is 2.79. The first-order valence-corrected chi connectivity index (χ1v) is 10.5. The Morgan fingerprint density at radius 1 is 1.15 bits per heavy atom. The molecule has 1 aliphatic rings. The maximum atomic E-state index is 12.9. The van der Waals surface area contributed by atoms with E-state index in [1.165, 1.54) is 17.3 Å². The third kappa shape index (κ3) is 4.87. The number of rotatable bonds is 3. The van der Waals surface area contributed by atoms with E-state index in [4.69, 9.17) is 23.2 Å². The van der Waals surface area contributed by atoms with E-state index in [-0.39, 0.29) is 11.3 Å². The predicted octanol–water partition coefficient (Wildman–Crippen LogP) is 6.04. The number of aliphatic imine (C=N–C) groups is 1. The lowest BCUT2D eigenvalue weighted by atomic mass is 9.86. The summed E-state index contributed by atoms with van der Waals surface area (Å²) in [6.45, 7) is 7.72. The molecule has 27 heavy (non-hydrogen) atoms. The van der Waals surface area contributed by atoms with Crippen LogP contribution in [-0.4, -0.2) is 29.1 Å². The van der Waals surface area contributed by atoms with Gasteiger partial charge < -0.3 is 0 Å². The molecule has 1 amide bonds. The van der Waals surface area contributed by atoms with E-state index >= 15 is 0 Å². The summed E-state index contributed by atoms with van der Waals surface area (Å²) >= 11 is 13.7. The summed E-state index contributed by atoms with van der Waals surface area (Å²) in [5, 5.41) is 1.98. The second-order valence-corrected chi connectivity index (χ2v) is 9.26. The second-order valence-electron chi connectivity index (χ2n) is 7.47. The van der Waals surface area contributed by atoms with Crippen LogP contribution in [0.1, 0.15) is 42.3 Å². The zero-order valence-corrected chi connectivity index (χ0v) is 18.0. The van der Waals surface area contributed by atoms with Crippen molar-refractivity contribution in [3.63, 3.8) is 0 Å². The standard InChI is InChI=1S/C21H22Cl2N2OS/c1-21(2,3)16-7-4-14(5-8-16)19(26)25-11-10-24-20(25)27-13-15-6-9-17(22)12-18(15)23/h4-9,12H,10-11,13H2,1-3H3. The molecule has 0 radical (unpaired) electrons. The maximum absolute atomic E-state index is 12.9. The summed E-state index contributed by atoms with van der Waals surface area (Å²) in [5.74, 6) is 0.628. The van der Waals surface area contributed by atoms with Crippen molar-refractivity contribution in [3.8, 4) is 0 Å². The number of amidine groups is 1. The first-order valence-electron chi connectivity index (χ1n) is 8.79. The van der Waals surface area contributed by atoms with Crippen LogP contribution in [-0.2, 0) is 11.2 Å². The number of benzene rings is 2. The molecule has 2 aromatic carbocycles. The van der Waals surface area contributed by atoms with Gasteiger partial charge in [-0.2, -0.15) is 0 Å². The van der Waals surface area contributed by atoms with Gasteiger partial charge >= 0.3 is 0 Å². The second kappa shape index (κ2) is 8.26. The summed E-state index contributed by atoms with van der Waals surface area (Å²) in [4.78, 5) is 19.2. The molecule has 0 atom stereocenters. The van der Waals surface area contributed by atoms with E-state index in [0.717, 1.165) is 10.7 Å². The largest absolute Gasteiger partial charge is 0.286 e. The normalized spacial score (nSPS) is 14.4. The van der Waals surface area contributed by atoms with Crippen LogP contribution in [0.25, 0.3) is 0 Å². The van der Waals surface area contributed by atoms with Crippen LogP contribution in [0.4, 0.5) is 0 Å². The van der Waals surface area contributed by atoms with Crippen LogP contribution < -0.4 is 0 Å². The highest BCUT2D eigenvalue weighted by atomic mass is 35.5. The van der Waals surface area contributed by atoms with Crippen molar-refractivity contribution in [3.05, 3.63) is 69.2 Å². The number of carbonyl (C=O) groups is 1. The van der Waals surface area contributed by atoms with Crippen molar-refractivity contribution in [2.75, 3.05) is 13.1 Å². The maximum Gasteiger partial charge on any atom is 0.259 e. The van der Waals surface area contributed by atoms with Gasteiger partial charge in [-0.05, 0) is 40.8 Å². The van der Waals surface area contributed by atoms with Crippen LogP contribution in [0.5, 0.6) is 0 Å². The molecule has 0 spiro atoms. The van der Waals surface area contributed by atoms with Gasteiger partial charge in [0.15, 0.2) is 5.17 Å². The fourth-order valence-corrected chi connectivity index (χ4v) is 4.39. The minimum atomic E-state index is -0.0126. The van der Waals surface area contributed by atoms with Crippen molar-refractivity contribution in [1.29, 1.82) is 0 Å². The van der Waals surface area contributed by atoms with E-state index in [9.17, 15) is 4.79 Å². The zero-order valence-electron chi connectivity index (χ0n) is 15.6.